The van der Waals surface area contributed by atoms with Crippen LogP contribution in [0.15, 0.2) is 0 Å². The fraction of sp³-hybridized carbons (Fsp3) is 0.750. The maximum Gasteiger partial charge on any atom is 0.333 e. The molecule has 0 amide bonds. The molecule has 0 aliphatic heterocycles. The van der Waals surface area contributed by atoms with Crippen molar-refractivity contribution in [3.8, 4) is 0 Å². The predicted octanol–water partition coefficient (Wildman–Crippen LogP) is -1.15. The first-order chi connectivity index (χ1) is 6.31. The van der Waals surface area contributed by atoms with Gasteiger partial charge in [0.25, 0.3) is 0 Å². The van der Waals surface area contributed by atoms with Crippen LogP contribution in [0.2, 0.25) is 0 Å². The molecule has 0 aromatic carbocycles. The van der Waals surface area contributed by atoms with E-state index in [-0.39, 0.29) is 52.7 Å². The molecule has 0 aromatic rings. The van der Waals surface area contributed by atoms with E-state index >= 15 is 0 Å². The molecule has 0 saturated heterocycles. The molecule has 0 heterocycles. The quantitative estimate of drug-likeness (QED) is 0.567. The van der Waals surface area contributed by atoms with Gasteiger partial charge in [0.2, 0.25) is 0 Å². The molecular weight excluding hydrogens is 311 g/mol. The van der Waals surface area contributed by atoms with Crippen molar-refractivity contribution in [2.45, 2.75) is 18.6 Å². The summed E-state index contributed by atoms with van der Waals surface area (Å²) < 4.78 is 25.2. The van der Waals surface area contributed by atoms with Crippen molar-refractivity contribution < 1.29 is 55.5 Å². The van der Waals surface area contributed by atoms with Gasteiger partial charge in [0.15, 0.2) is 0 Å². The van der Waals surface area contributed by atoms with E-state index < -0.39 is 28.4 Å². The zero-order valence-electron chi connectivity index (χ0n) is 9.11. The molecule has 1 saturated carbocycles. The number of hydrogen-bond donors (Lipinski definition) is 3. The summed E-state index contributed by atoms with van der Waals surface area (Å²) in [4.78, 5) is 0. The van der Waals surface area contributed by atoms with Gasteiger partial charge in [-0.05, 0) is 0 Å². The monoisotopic (exact) mass is 328 g/mol. The first kappa shape index (κ1) is 19.2. The van der Waals surface area contributed by atoms with Crippen molar-refractivity contribution in [2.75, 3.05) is 6.61 Å². The Kier molecular flexibility index (Phi) is 8.84. The van der Waals surface area contributed by atoms with E-state index in [1.165, 1.54) is 0 Å². The van der Waals surface area contributed by atoms with Crippen molar-refractivity contribution >= 4 is 10.3 Å². The van der Waals surface area contributed by atoms with Gasteiger partial charge < -0.3 is 24.6 Å². The van der Waals surface area contributed by atoms with Crippen molar-refractivity contribution in [1.82, 2.24) is 0 Å². The molecule has 4 N–H and O–H groups in total. The van der Waals surface area contributed by atoms with Crippen LogP contribution in [0.4, 0.5) is 0 Å². The van der Waals surface area contributed by atoms with E-state index in [9.17, 15) is 18.6 Å². The van der Waals surface area contributed by atoms with Gasteiger partial charge in [-0.25, -0.2) is 5.14 Å². The van der Waals surface area contributed by atoms with Crippen LogP contribution in [0.5, 0.6) is 0 Å². The topological polar surface area (TPSA) is 110 Å². The summed E-state index contributed by atoms with van der Waals surface area (Å²) in [5, 5.41) is 23.4. The molecule has 95 valence electrons. The molecule has 1 aliphatic carbocycles. The molecule has 1 radical (unpaired) electrons. The molecule has 4 atom stereocenters. The average Bonchev–Trinajstić information content (AvgIpc) is 2.28. The number of nitrogens with two attached hydrogens (primary N) is 1. The van der Waals surface area contributed by atoms with E-state index in [4.69, 9.17) is 0 Å². The Morgan fingerprint density at radius 2 is 1.88 bits per heavy atom. The van der Waals surface area contributed by atoms with E-state index in [2.05, 4.69) is 16.2 Å². The SMILES string of the molecule is [CH2-][C@@H]1C[C@H](COS(N)(=O)=O)[C@@H](O)[C@H]1O.[CH3-].[Y]. The Bertz CT molecular complexity index is 297. The Morgan fingerprint density at radius 1 is 1.38 bits per heavy atom. The Balaban J connectivity index is 0. The first-order valence-corrected chi connectivity index (χ1v) is 5.65. The van der Waals surface area contributed by atoms with Gasteiger partial charge in [0, 0.05) is 38.6 Å². The van der Waals surface area contributed by atoms with Gasteiger partial charge in [-0.1, -0.05) is 6.42 Å². The van der Waals surface area contributed by atoms with Gasteiger partial charge in [0.05, 0.1) is 18.8 Å². The van der Waals surface area contributed by atoms with E-state index in [0.717, 1.165) is 0 Å². The number of hydrogen-bond acceptors (Lipinski definition) is 5. The average molecular weight is 328 g/mol. The van der Waals surface area contributed by atoms with Crippen LogP contribution in [-0.2, 0) is 47.2 Å². The van der Waals surface area contributed by atoms with Crippen LogP contribution < -0.4 is 5.14 Å². The summed E-state index contributed by atoms with van der Waals surface area (Å²) in [5.41, 5.74) is 0. The molecule has 6 nitrogen and oxygen atoms in total. The fourth-order valence-corrected chi connectivity index (χ4v) is 1.94. The zero-order valence-corrected chi connectivity index (χ0v) is 12.8. The first-order valence-electron chi connectivity index (χ1n) is 4.17. The van der Waals surface area contributed by atoms with Crippen molar-refractivity contribution in [1.29, 1.82) is 0 Å². The smallest absolute Gasteiger partial charge is 0.333 e. The Hall–Kier alpha value is 0.894. The summed E-state index contributed by atoms with van der Waals surface area (Å²) in [6, 6.07) is 0. The largest absolute Gasteiger partial charge is 0.393 e. The standard InChI is InChI=1S/C7H14NO5S.CH3.Y/c1-4-2-5(7(10)6(4)9)3-13-14(8,11)12;;/h4-7,9-10H,1-3H2,(H2,8,11,12);1H3;/q2*-1;/t4-,5-,6+,7-;;/m1../s1. The maximum absolute atomic E-state index is 10.5. The van der Waals surface area contributed by atoms with Crippen molar-refractivity contribution in [3.63, 3.8) is 0 Å². The van der Waals surface area contributed by atoms with E-state index in [1.807, 2.05) is 0 Å². The number of aliphatic hydroxyl groups excluding tert-OH is 2. The molecule has 0 spiro atoms. The summed E-state index contributed by atoms with van der Waals surface area (Å²) in [6.45, 7) is 3.40. The molecule has 0 aromatic heterocycles. The van der Waals surface area contributed by atoms with Gasteiger partial charge >= 0.3 is 10.3 Å². The third-order valence-corrected chi connectivity index (χ3v) is 2.83. The summed E-state index contributed by atoms with van der Waals surface area (Å²) in [5.74, 6) is -0.745. The zero-order chi connectivity index (χ0) is 10.9. The summed E-state index contributed by atoms with van der Waals surface area (Å²) >= 11 is 0. The second-order valence-electron chi connectivity index (χ2n) is 3.51. The number of aliphatic hydroxyl groups is 2. The van der Waals surface area contributed by atoms with Crippen LogP contribution in [0.3, 0.4) is 0 Å². The fourth-order valence-electron chi connectivity index (χ4n) is 1.57. The van der Waals surface area contributed by atoms with Crippen LogP contribution in [0.25, 0.3) is 0 Å². The molecule has 8 heteroatoms. The van der Waals surface area contributed by atoms with Gasteiger partial charge in [-0.15, -0.1) is 5.92 Å². The van der Waals surface area contributed by atoms with Gasteiger partial charge in [-0.3, -0.25) is 4.18 Å². The molecule has 16 heavy (non-hydrogen) atoms. The number of rotatable bonds is 3. The molecule has 1 fully saturated rings. The summed E-state index contributed by atoms with van der Waals surface area (Å²) in [7, 11) is -3.98. The Morgan fingerprint density at radius 3 is 2.19 bits per heavy atom. The molecule has 0 bridgehead atoms. The van der Waals surface area contributed by atoms with Crippen molar-refractivity contribution in [3.05, 3.63) is 14.4 Å². The minimum atomic E-state index is -3.98. The second kappa shape index (κ2) is 7.36. The molecule has 1 rings (SSSR count). The predicted molar refractivity (Wildman–Crippen MR) is 54.4 cm³/mol. The Labute approximate surface area is 122 Å². The van der Waals surface area contributed by atoms with E-state index in [0.29, 0.717) is 6.42 Å². The summed E-state index contributed by atoms with van der Waals surface area (Å²) in [6.07, 6.45) is -1.51. The van der Waals surface area contributed by atoms with Crippen LogP contribution >= 0.6 is 0 Å². The molecular formula is C8H17NO5SY-2. The van der Waals surface area contributed by atoms with Crippen LogP contribution in [-0.4, -0.2) is 37.4 Å². The second-order valence-corrected chi connectivity index (χ2v) is 4.74. The van der Waals surface area contributed by atoms with Crippen LogP contribution in [0.1, 0.15) is 6.42 Å². The molecule has 0 unspecified atom stereocenters. The third-order valence-electron chi connectivity index (χ3n) is 2.37. The minimum absolute atomic E-state index is 0. The van der Waals surface area contributed by atoms with Crippen molar-refractivity contribution in [2.24, 2.45) is 17.0 Å². The van der Waals surface area contributed by atoms with E-state index in [1.54, 1.807) is 0 Å². The van der Waals surface area contributed by atoms with Gasteiger partial charge in [-0.2, -0.15) is 8.42 Å². The normalized spacial score (nSPS) is 34.0. The van der Waals surface area contributed by atoms with Crippen LogP contribution in [0, 0.1) is 26.2 Å². The minimum Gasteiger partial charge on any atom is -0.393 e. The third kappa shape index (κ3) is 5.49. The van der Waals surface area contributed by atoms with Gasteiger partial charge in [0.1, 0.15) is 0 Å². The maximum atomic E-state index is 10.5. The molecule has 1 aliphatic rings.